The van der Waals surface area contributed by atoms with Crippen molar-refractivity contribution in [2.75, 3.05) is 20.0 Å². The number of nitrogens with two attached hydrogens (primary N) is 2. The second-order valence-corrected chi connectivity index (χ2v) is 5.78. The summed E-state index contributed by atoms with van der Waals surface area (Å²) >= 11 is 0. The van der Waals surface area contributed by atoms with Crippen molar-refractivity contribution in [1.29, 1.82) is 0 Å². The molecule has 0 fully saturated rings. The summed E-state index contributed by atoms with van der Waals surface area (Å²) in [6, 6.07) is 5.47. The van der Waals surface area contributed by atoms with E-state index in [-0.39, 0.29) is 18.7 Å². The molecule has 2 aliphatic rings. The highest BCUT2D eigenvalue weighted by atomic mass is 16.7. The van der Waals surface area contributed by atoms with Crippen LogP contribution >= 0.6 is 0 Å². The molecule has 0 aliphatic carbocycles. The summed E-state index contributed by atoms with van der Waals surface area (Å²) in [5.41, 5.74) is 10.7. The molecule has 24 heavy (non-hydrogen) atoms. The SMILES string of the molecule is CC1(C)N=C(N)N=C(N)N1OCCCOc1ccc2c(c1)OCO2. The average Bonchev–Trinajstić information content (AvgIpc) is 2.96. The number of aliphatic imine (C=N–C) groups is 2. The fourth-order valence-corrected chi connectivity index (χ4v) is 2.39. The van der Waals surface area contributed by atoms with E-state index in [0.29, 0.717) is 25.4 Å². The van der Waals surface area contributed by atoms with Crippen molar-refractivity contribution in [1.82, 2.24) is 5.06 Å². The van der Waals surface area contributed by atoms with E-state index in [0.717, 1.165) is 11.5 Å². The van der Waals surface area contributed by atoms with E-state index in [1.165, 1.54) is 5.06 Å². The predicted octanol–water partition coefficient (Wildman–Crippen LogP) is 0.797. The zero-order chi connectivity index (χ0) is 17.2. The monoisotopic (exact) mass is 335 g/mol. The van der Waals surface area contributed by atoms with Crippen LogP contribution in [0.2, 0.25) is 0 Å². The first-order chi connectivity index (χ1) is 11.5. The highest BCUT2D eigenvalue weighted by Gasteiger charge is 2.32. The summed E-state index contributed by atoms with van der Waals surface area (Å²) in [6.45, 7) is 4.80. The molecule has 0 radical (unpaired) electrons. The van der Waals surface area contributed by atoms with Gasteiger partial charge in [-0.2, -0.15) is 10.1 Å². The molecule has 0 spiro atoms. The van der Waals surface area contributed by atoms with Crippen LogP contribution in [-0.2, 0) is 4.84 Å². The number of guanidine groups is 2. The molecule has 1 aromatic carbocycles. The molecule has 3 rings (SSSR count). The maximum Gasteiger partial charge on any atom is 0.231 e. The summed E-state index contributed by atoms with van der Waals surface area (Å²) in [5.74, 6) is 2.47. The molecular formula is C15H21N5O4. The molecule has 0 aromatic heterocycles. The number of hydrogen-bond acceptors (Lipinski definition) is 9. The smallest absolute Gasteiger partial charge is 0.231 e. The highest BCUT2D eigenvalue weighted by molar-refractivity contribution is 5.95. The third-order valence-corrected chi connectivity index (χ3v) is 3.44. The Labute approximate surface area is 139 Å². The topological polar surface area (TPSA) is 117 Å². The van der Waals surface area contributed by atoms with Crippen molar-refractivity contribution >= 4 is 11.9 Å². The van der Waals surface area contributed by atoms with Gasteiger partial charge in [0, 0.05) is 12.5 Å². The fourth-order valence-electron chi connectivity index (χ4n) is 2.39. The summed E-state index contributed by atoms with van der Waals surface area (Å²) in [5, 5.41) is 1.45. The highest BCUT2D eigenvalue weighted by Crippen LogP contribution is 2.35. The van der Waals surface area contributed by atoms with E-state index in [9.17, 15) is 0 Å². The largest absolute Gasteiger partial charge is 0.493 e. The van der Waals surface area contributed by atoms with Gasteiger partial charge < -0.3 is 25.7 Å². The van der Waals surface area contributed by atoms with Crippen LogP contribution in [0.25, 0.3) is 0 Å². The normalized spacial score (nSPS) is 18.2. The van der Waals surface area contributed by atoms with Crippen LogP contribution in [0.3, 0.4) is 0 Å². The lowest BCUT2D eigenvalue weighted by Crippen LogP contribution is -2.53. The Kier molecular flexibility index (Phi) is 4.34. The lowest BCUT2D eigenvalue weighted by molar-refractivity contribution is -0.158. The summed E-state index contributed by atoms with van der Waals surface area (Å²) in [7, 11) is 0. The van der Waals surface area contributed by atoms with Gasteiger partial charge in [0.15, 0.2) is 17.2 Å². The zero-order valence-corrected chi connectivity index (χ0v) is 13.7. The first-order valence-electron chi connectivity index (χ1n) is 7.61. The van der Waals surface area contributed by atoms with Gasteiger partial charge in [-0.15, -0.1) is 0 Å². The van der Waals surface area contributed by atoms with E-state index < -0.39 is 5.66 Å². The van der Waals surface area contributed by atoms with Crippen LogP contribution in [0, 0.1) is 0 Å². The molecule has 2 heterocycles. The van der Waals surface area contributed by atoms with Crippen LogP contribution in [0.1, 0.15) is 20.3 Å². The summed E-state index contributed by atoms with van der Waals surface area (Å²) in [4.78, 5) is 13.8. The lowest BCUT2D eigenvalue weighted by atomic mass is 10.2. The molecule has 1 aromatic rings. The van der Waals surface area contributed by atoms with Gasteiger partial charge in [-0.05, 0) is 26.0 Å². The molecule has 0 amide bonds. The second-order valence-electron chi connectivity index (χ2n) is 5.78. The molecule has 0 bridgehead atoms. The minimum atomic E-state index is -0.700. The Morgan fingerprint density at radius 2 is 2.00 bits per heavy atom. The van der Waals surface area contributed by atoms with Gasteiger partial charge in [0.2, 0.25) is 18.7 Å². The first-order valence-corrected chi connectivity index (χ1v) is 7.61. The van der Waals surface area contributed by atoms with Crippen LogP contribution in [0.4, 0.5) is 0 Å². The van der Waals surface area contributed by atoms with Gasteiger partial charge in [-0.25, -0.2) is 4.99 Å². The summed E-state index contributed by atoms with van der Waals surface area (Å²) in [6.07, 6.45) is 0.660. The van der Waals surface area contributed by atoms with E-state index in [2.05, 4.69) is 9.98 Å². The van der Waals surface area contributed by atoms with Crippen molar-refractivity contribution in [2.45, 2.75) is 25.9 Å². The molecular weight excluding hydrogens is 314 g/mol. The third-order valence-electron chi connectivity index (χ3n) is 3.44. The lowest BCUT2D eigenvalue weighted by Gasteiger charge is -2.36. The van der Waals surface area contributed by atoms with Crippen molar-refractivity contribution in [3.8, 4) is 17.2 Å². The molecule has 0 saturated carbocycles. The van der Waals surface area contributed by atoms with Crippen LogP contribution < -0.4 is 25.7 Å². The quantitative estimate of drug-likeness (QED) is 0.738. The second kappa shape index (κ2) is 6.44. The van der Waals surface area contributed by atoms with Crippen LogP contribution in [0.15, 0.2) is 28.2 Å². The van der Waals surface area contributed by atoms with Gasteiger partial charge in [0.05, 0.1) is 13.2 Å². The minimum Gasteiger partial charge on any atom is -0.493 e. The van der Waals surface area contributed by atoms with Gasteiger partial charge >= 0.3 is 0 Å². The predicted molar refractivity (Wildman–Crippen MR) is 87.8 cm³/mol. The van der Waals surface area contributed by atoms with Gasteiger partial charge in [-0.3, -0.25) is 4.84 Å². The fraction of sp³-hybridized carbons (Fsp3) is 0.467. The Bertz CT molecular complexity index is 674. The van der Waals surface area contributed by atoms with Crippen molar-refractivity contribution in [3.05, 3.63) is 18.2 Å². The maximum absolute atomic E-state index is 5.84. The van der Waals surface area contributed by atoms with Crippen LogP contribution in [0.5, 0.6) is 17.2 Å². The standard InChI is InChI=1S/C15H21N5O4/c1-15(2)19-13(16)18-14(17)20(15)24-7-3-6-21-10-4-5-11-12(8-10)23-9-22-11/h4-5,8H,3,6-7,9H2,1-2H3,(H4,16,17,18,19). The molecule has 0 saturated heterocycles. The van der Waals surface area contributed by atoms with Gasteiger partial charge in [-0.1, -0.05) is 0 Å². The first kappa shape index (κ1) is 16.2. The summed E-state index contributed by atoms with van der Waals surface area (Å²) < 4.78 is 16.2. The van der Waals surface area contributed by atoms with Gasteiger partial charge in [0.25, 0.3) is 0 Å². The number of fused-ring (bicyclic) bond motifs is 1. The average molecular weight is 335 g/mol. The Hall–Kier alpha value is -2.68. The number of rotatable bonds is 6. The molecule has 2 aliphatic heterocycles. The minimum absolute atomic E-state index is 0.142. The number of benzene rings is 1. The third kappa shape index (κ3) is 3.46. The Morgan fingerprint density at radius 1 is 1.21 bits per heavy atom. The van der Waals surface area contributed by atoms with E-state index >= 15 is 0 Å². The molecule has 0 atom stereocenters. The number of hydroxylamine groups is 2. The van der Waals surface area contributed by atoms with Gasteiger partial charge in [0.1, 0.15) is 5.75 Å². The Balaban J connectivity index is 1.44. The molecule has 130 valence electrons. The van der Waals surface area contributed by atoms with Crippen molar-refractivity contribution < 1.29 is 19.0 Å². The number of nitrogens with zero attached hydrogens (tertiary/aromatic N) is 3. The van der Waals surface area contributed by atoms with Crippen molar-refractivity contribution in [3.63, 3.8) is 0 Å². The van der Waals surface area contributed by atoms with E-state index in [4.69, 9.17) is 30.5 Å². The van der Waals surface area contributed by atoms with Crippen LogP contribution in [-0.4, -0.2) is 42.7 Å². The van der Waals surface area contributed by atoms with E-state index in [1.807, 2.05) is 26.0 Å². The molecule has 9 nitrogen and oxygen atoms in total. The maximum atomic E-state index is 5.84. The van der Waals surface area contributed by atoms with E-state index in [1.54, 1.807) is 6.07 Å². The number of ether oxygens (including phenoxy) is 3. The number of hydrogen-bond donors (Lipinski definition) is 2. The zero-order valence-electron chi connectivity index (χ0n) is 13.7. The molecule has 0 unspecified atom stereocenters. The van der Waals surface area contributed by atoms with Crippen molar-refractivity contribution in [2.24, 2.45) is 21.5 Å². The molecule has 9 heteroatoms. The Morgan fingerprint density at radius 3 is 2.79 bits per heavy atom. The molecule has 4 N–H and O–H groups in total.